The number of amides is 1. The minimum Gasteiger partial charge on any atom is -0.294 e. The van der Waals surface area contributed by atoms with Crippen LogP contribution in [0.5, 0.6) is 0 Å². The molecular weight excluding hydrogens is 380 g/mol. The van der Waals surface area contributed by atoms with Crippen LogP contribution in [-0.4, -0.2) is 21.5 Å². The second-order valence-electron chi connectivity index (χ2n) is 6.14. The maximum absolute atomic E-state index is 12.5. The Bertz CT molecular complexity index is 942. The zero-order chi connectivity index (χ0) is 18.0. The lowest BCUT2D eigenvalue weighted by molar-refractivity contribution is 0.0948. The van der Waals surface area contributed by atoms with E-state index in [9.17, 15) is 4.79 Å². The average Bonchev–Trinajstić information content (AvgIpc) is 2.90. The van der Waals surface area contributed by atoms with Gasteiger partial charge in [0.1, 0.15) is 11.3 Å². The van der Waals surface area contributed by atoms with Gasteiger partial charge in [0, 0.05) is 10.7 Å². The summed E-state index contributed by atoms with van der Waals surface area (Å²) in [4.78, 5) is 16.9. The molecule has 0 radical (unpaired) electrons. The number of aromatic nitrogens is 2. The minimum atomic E-state index is -0.293. The number of hydrogen-bond acceptors (Lipinski definition) is 3. The Labute approximate surface area is 154 Å². The largest absolute Gasteiger partial charge is 0.294 e. The van der Waals surface area contributed by atoms with Crippen molar-refractivity contribution in [3.63, 3.8) is 0 Å². The highest BCUT2D eigenvalue weighted by molar-refractivity contribution is 9.10. The van der Waals surface area contributed by atoms with E-state index in [1.807, 2.05) is 37.4 Å². The summed E-state index contributed by atoms with van der Waals surface area (Å²) >= 11 is 3.41. The molecule has 1 amide bonds. The van der Waals surface area contributed by atoms with Gasteiger partial charge in [-0.1, -0.05) is 38.1 Å². The predicted molar refractivity (Wildman–Crippen MR) is 103 cm³/mol. The van der Waals surface area contributed by atoms with E-state index in [1.54, 1.807) is 10.6 Å². The molecule has 5 nitrogen and oxygen atoms in total. The molecule has 6 heteroatoms. The van der Waals surface area contributed by atoms with Gasteiger partial charge in [0.15, 0.2) is 0 Å². The van der Waals surface area contributed by atoms with Crippen molar-refractivity contribution in [1.29, 1.82) is 0 Å². The molecule has 25 heavy (non-hydrogen) atoms. The summed E-state index contributed by atoms with van der Waals surface area (Å²) in [5, 5.41) is 4.07. The quantitative estimate of drug-likeness (QED) is 0.526. The van der Waals surface area contributed by atoms with Crippen LogP contribution < -0.4 is 5.43 Å². The maximum atomic E-state index is 12.5. The predicted octanol–water partition coefficient (Wildman–Crippen LogP) is 4.29. The second-order valence-corrected chi connectivity index (χ2v) is 7.06. The van der Waals surface area contributed by atoms with Crippen LogP contribution in [0.2, 0.25) is 0 Å². The van der Waals surface area contributed by atoms with Crippen molar-refractivity contribution < 1.29 is 4.79 Å². The summed E-state index contributed by atoms with van der Waals surface area (Å²) in [5.74, 6) is 0.196. The first-order valence-corrected chi connectivity index (χ1v) is 8.82. The smallest absolute Gasteiger partial charge is 0.290 e. The summed E-state index contributed by atoms with van der Waals surface area (Å²) < 4.78 is 2.63. The highest BCUT2D eigenvalue weighted by Gasteiger charge is 2.16. The van der Waals surface area contributed by atoms with Gasteiger partial charge in [0.2, 0.25) is 0 Å². The number of nitrogens with one attached hydrogen (secondary N) is 1. The van der Waals surface area contributed by atoms with Gasteiger partial charge in [-0.05, 0) is 52.0 Å². The van der Waals surface area contributed by atoms with E-state index in [2.05, 4.69) is 57.4 Å². The number of pyridine rings is 1. The van der Waals surface area contributed by atoms with E-state index in [4.69, 9.17) is 0 Å². The first kappa shape index (κ1) is 17.4. The third-order valence-corrected chi connectivity index (χ3v) is 4.42. The van der Waals surface area contributed by atoms with Crippen molar-refractivity contribution >= 4 is 33.7 Å². The van der Waals surface area contributed by atoms with Crippen LogP contribution in [-0.2, 0) is 0 Å². The lowest BCUT2D eigenvalue weighted by atomic mass is 10.0. The van der Waals surface area contributed by atoms with Gasteiger partial charge in [-0.3, -0.25) is 9.20 Å². The van der Waals surface area contributed by atoms with Crippen LogP contribution in [0.3, 0.4) is 0 Å². The molecular formula is C19H19BrN4O. The Balaban J connectivity index is 1.76. The molecule has 0 unspecified atom stereocenters. The van der Waals surface area contributed by atoms with Crippen molar-refractivity contribution in [2.24, 2.45) is 5.10 Å². The van der Waals surface area contributed by atoms with Crippen molar-refractivity contribution in [3.05, 3.63) is 69.6 Å². The number of halogens is 1. The highest BCUT2D eigenvalue weighted by atomic mass is 79.9. The number of carbonyl (C=O) groups is 1. The molecule has 128 valence electrons. The summed E-state index contributed by atoms with van der Waals surface area (Å²) in [5.41, 5.74) is 6.64. The lowest BCUT2D eigenvalue weighted by Crippen LogP contribution is -2.20. The molecule has 1 N–H and O–H groups in total. The van der Waals surface area contributed by atoms with E-state index in [1.165, 1.54) is 5.56 Å². The molecule has 0 aliphatic rings. The maximum Gasteiger partial charge on any atom is 0.290 e. The van der Waals surface area contributed by atoms with Gasteiger partial charge in [-0.15, -0.1) is 0 Å². The summed E-state index contributed by atoms with van der Waals surface area (Å²) in [6, 6.07) is 11.9. The lowest BCUT2D eigenvalue weighted by Gasteiger charge is -2.04. The molecule has 0 aliphatic carbocycles. The van der Waals surface area contributed by atoms with E-state index in [0.29, 0.717) is 17.3 Å². The fourth-order valence-corrected chi connectivity index (χ4v) is 2.93. The normalized spacial score (nSPS) is 11.6. The molecule has 0 aliphatic heterocycles. The third-order valence-electron chi connectivity index (χ3n) is 3.95. The number of aryl methyl sites for hydroxylation is 1. The van der Waals surface area contributed by atoms with Crippen LogP contribution in [0.15, 0.2) is 52.2 Å². The first-order chi connectivity index (χ1) is 12.0. The van der Waals surface area contributed by atoms with Gasteiger partial charge in [-0.2, -0.15) is 5.10 Å². The molecule has 1 aromatic carbocycles. The van der Waals surface area contributed by atoms with E-state index >= 15 is 0 Å². The third kappa shape index (κ3) is 3.79. The van der Waals surface area contributed by atoms with Crippen LogP contribution in [0.4, 0.5) is 0 Å². The monoisotopic (exact) mass is 398 g/mol. The molecule has 2 heterocycles. The average molecular weight is 399 g/mol. The molecule has 0 spiro atoms. The molecule has 3 aromatic rings. The second kappa shape index (κ2) is 7.19. The fraction of sp³-hybridized carbons (Fsp3) is 0.211. The van der Waals surface area contributed by atoms with Crippen LogP contribution >= 0.6 is 15.9 Å². The zero-order valence-electron chi connectivity index (χ0n) is 14.3. The van der Waals surface area contributed by atoms with Crippen molar-refractivity contribution in [2.75, 3.05) is 0 Å². The number of carbonyl (C=O) groups excluding carboxylic acids is 1. The number of nitrogens with zero attached hydrogens (tertiary/aromatic N) is 3. The summed E-state index contributed by atoms with van der Waals surface area (Å²) in [6.07, 6.45) is 3.45. The number of imidazole rings is 1. The highest BCUT2D eigenvalue weighted by Crippen LogP contribution is 2.17. The minimum absolute atomic E-state index is 0.293. The van der Waals surface area contributed by atoms with Crippen LogP contribution in [0.25, 0.3) is 5.65 Å². The molecule has 0 fully saturated rings. The SMILES string of the molecule is Cc1nc2ccc(Br)cn2c1C(=O)NN=Cc1ccc(C(C)C)cc1. The van der Waals surface area contributed by atoms with Crippen LogP contribution in [0, 0.1) is 6.92 Å². The van der Waals surface area contributed by atoms with Gasteiger partial charge < -0.3 is 0 Å². The fourth-order valence-electron chi connectivity index (χ4n) is 2.60. The summed E-state index contributed by atoms with van der Waals surface area (Å²) in [6.45, 7) is 6.12. The molecule has 2 aromatic heterocycles. The van der Waals surface area contributed by atoms with Gasteiger partial charge in [0.05, 0.1) is 11.9 Å². The van der Waals surface area contributed by atoms with E-state index in [-0.39, 0.29) is 5.91 Å². The zero-order valence-corrected chi connectivity index (χ0v) is 15.9. The topological polar surface area (TPSA) is 58.8 Å². The van der Waals surface area contributed by atoms with E-state index in [0.717, 1.165) is 15.7 Å². The number of benzene rings is 1. The Hall–Kier alpha value is -2.47. The molecule has 0 bridgehead atoms. The standard InChI is InChI=1S/C19H19BrN4O/c1-12(2)15-6-4-14(5-7-15)10-21-23-19(25)18-13(3)22-17-9-8-16(20)11-24(17)18/h4-12H,1-3H3,(H,23,25). The van der Waals surface area contributed by atoms with Crippen molar-refractivity contribution in [3.8, 4) is 0 Å². The Morgan fingerprint density at radius 1 is 1.24 bits per heavy atom. The van der Waals surface area contributed by atoms with Gasteiger partial charge >= 0.3 is 0 Å². The molecule has 0 saturated carbocycles. The van der Waals surface area contributed by atoms with Crippen molar-refractivity contribution in [1.82, 2.24) is 14.8 Å². The number of rotatable bonds is 4. The number of hydrazone groups is 1. The number of hydrogen-bond donors (Lipinski definition) is 1. The molecule has 0 saturated heterocycles. The summed E-state index contributed by atoms with van der Waals surface area (Å²) in [7, 11) is 0. The number of fused-ring (bicyclic) bond motifs is 1. The Kier molecular flexibility index (Phi) is 4.99. The first-order valence-electron chi connectivity index (χ1n) is 8.03. The Morgan fingerprint density at radius 3 is 2.64 bits per heavy atom. The van der Waals surface area contributed by atoms with Gasteiger partial charge in [0.25, 0.3) is 5.91 Å². The Morgan fingerprint density at radius 2 is 1.96 bits per heavy atom. The van der Waals surface area contributed by atoms with E-state index < -0.39 is 0 Å². The van der Waals surface area contributed by atoms with Gasteiger partial charge in [-0.25, -0.2) is 10.4 Å². The molecule has 3 rings (SSSR count). The molecule has 0 atom stereocenters. The van der Waals surface area contributed by atoms with Crippen molar-refractivity contribution in [2.45, 2.75) is 26.7 Å². The van der Waals surface area contributed by atoms with Crippen LogP contribution in [0.1, 0.15) is 47.1 Å².